The van der Waals surface area contributed by atoms with Crippen molar-refractivity contribution in [1.29, 1.82) is 0 Å². The van der Waals surface area contributed by atoms with Crippen LogP contribution in [0.3, 0.4) is 0 Å². The second-order valence-electron chi connectivity index (χ2n) is 4.67. The predicted octanol–water partition coefficient (Wildman–Crippen LogP) is 2.44. The van der Waals surface area contributed by atoms with Crippen molar-refractivity contribution in [3.05, 3.63) is 32.7 Å². The minimum absolute atomic E-state index is 0.175. The summed E-state index contributed by atoms with van der Waals surface area (Å²) in [7, 11) is 0. The van der Waals surface area contributed by atoms with Gasteiger partial charge in [-0.2, -0.15) is 0 Å². The zero-order chi connectivity index (χ0) is 15.5. The monoisotopic (exact) mass is 325 g/mol. The highest BCUT2D eigenvalue weighted by Crippen LogP contribution is 2.22. The first-order valence-corrected chi connectivity index (χ1v) is 8.05. The topological polar surface area (TPSA) is 81.2 Å². The van der Waals surface area contributed by atoms with Crippen LogP contribution in [-0.2, 0) is 10.3 Å². The molecule has 0 fully saturated rings. The maximum atomic E-state index is 12.2. The van der Waals surface area contributed by atoms with E-state index in [0.717, 1.165) is 16.3 Å². The molecule has 0 saturated heterocycles. The molecule has 0 unspecified atom stereocenters. The number of carbonyl (C=O) groups is 2. The number of nitrogens with zero attached hydrogens (tertiary/aromatic N) is 2. The number of hydrogen-bond acceptors (Lipinski definition) is 7. The molecule has 0 atom stereocenters. The molecular weight excluding hydrogens is 310 g/mol. The van der Waals surface area contributed by atoms with Crippen molar-refractivity contribution in [3.63, 3.8) is 0 Å². The third kappa shape index (κ3) is 3.64. The lowest BCUT2D eigenvalue weighted by atomic mass is 10.1. The van der Waals surface area contributed by atoms with Crippen molar-refractivity contribution in [2.24, 2.45) is 0 Å². The quantitative estimate of drug-likeness (QED) is 0.854. The molecular formula is C13H15N3O3S2. The third-order valence-electron chi connectivity index (χ3n) is 2.58. The summed E-state index contributed by atoms with van der Waals surface area (Å²) in [6, 6.07) is 0. The molecule has 0 spiro atoms. The van der Waals surface area contributed by atoms with Crippen LogP contribution in [0.2, 0.25) is 0 Å². The van der Waals surface area contributed by atoms with E-state index in [1.165, 1.54) is 11.3 Å². The van der Waals surface area contributed by atoms with Crippen LogP contribution < -0.4 is 5.32 Å². The molecule has 0 saturated carbocycles. The van der Waals surface area contributed by atoms with Gasteiger partial charge in [-0.15, -0.1) is 22.7 Å². The van der Waals surface area contributed by atoms with Gasteiger partial charge < -0.3 is 10.1 Å². The normalized spacial score (nSPS) is 11.2. The number of thiazole rings is 2. The van der Waals surface area contributed by atoms with Crippen LogP contribution in [-0.4, -0.2) is 28.5 Å². The number of rotatable bonds is 5. The van der Waals surface area contributed by atoms with Gasteiger partial charge in [0.1, 0.15) is 10.7 Å². The maximum Gasteiger partial charge on any atom is 0.367 e. The molecule has 8 heteroatoms. The molecule has 1 N–H and O–H groups in total. The van der Waals surface area contributed by atoms with Gasteiger partial charge in [0.15, 0.2) is 0 Å². The summed E-state index contributed by atoms with van der Waals surface area (Å²) >= 11 is 2.56. The smallest absolute Gasteiger partial charge is 0.367 e. The Bertz CT molecular complexity index is 635. The highest BCUT2D eigenvalue weighted by atomic mass is 32.1. The molecule has 1 amide bonds. The molecule has 0 aliphatic rings. The Labute approximate surface area is 130 Å². The Balaban J connectivity index is 2.09. The van der Waals surface area contributed by atoms with E-state index >= 15 is 0 Å². The second kappa shape index (κ2) is 6.31. The Hall–Kier alpha value is -1.80. The number of ether oxygens (including phenoxy) is 1. The van der Waals surface area contributed by atoms with Crippen LogP contribution >= 0.6 is 22.7 Å². The molecule has 0 aliphatic heterocycles. The van der Waals surface area contributed by atoms with Crippen molar-refractivity contribution in [1.82, 2.24) is 15.3 Å². The van der Waals surface area contributed by atoms with E-state index in [-0.39, 0.29) is 23.2 Å². The zero-order valence-corrected chi connectivity index (χ0v) is 13.5. The maximum absolute atomic E-state index is 12.2. The van der Waals surface area contributed by atoms with Crippen molar-refractivity contribution in [3.8, 4) is 0 Å². The van der Waals surface area contributed by atoms with E-state index in [2.05, 4.69) is 15.3 Å². The highest BCUT2D eigenvalue weighted by molar-refractivity contribution is 7.11. The van der Waals surface area contributed by atoms with Gasteiger partial charge in [-0.25, -0.2) is 14.8 Å². The molecule has 21 heavy (non-hydrogen) atoms. The fraction of sp³-hybridized carbons (Fsp3) is 0.385. The Kier molecular flexibility index (Phi) is 4.69. The van der Waals surface area contributed by atoms with Gasteiger partial charge in [0.05, 0.1) is 12.1 Å². The number of aromatic nitrogens is 2. The lowest BCUT2D eigenvalue weighted by molar-refractivity contribution is 0.0526. The number of carbonyl (C=O) groups excluding carboxylic acids is 2. The molecule has 112 valence electrons. The summed E-state index contributed by atoms with van der Waals surface area (Å²) < 4.78 is 4.85. The predicted molar refractivity (Wildman–Crippen MR) is 80.7 cm³/mol. The van der Waals surface area contributed by atoms with Gasteiger partial charge >= 0.3 is 5.97 Å². The van der Waals surface area contributed by atoms with Gasteiger partial charge in [-0.1, -0.05) is 0 Å². The third-order valence-corrected chi connectivity index (χ3v) is 4.50. The first-order valence-electron chi connectivity index (χ1n) is 6.29. The Morgan fingerprint density at radius 1 is 1.38 bits per heavy atom. The summed E-state index contributed by atoms with van der Waals surface area (Å²) in [5, 5.41) is 7.23. The summed E-state index contributed by atoms with van der Waals surface area (Å²) in [5.74, 6) is -0.859. The van der Waals surface area contributed by atoms with Gasteiger partial charge in [0.2, 0.25) is 5.01 Å². The van der Waals surface area contributed by atoms with E-state index in [1.807, 2.05) is 19.2 Å². The second-order valence-corrected chi connectivity index (χ2v) is 6.43. The van der Waals surface area contributed by atoms with E-state index < -0.39 is 11.5 Å². The molecule has 0 radical (unpaired) electrons. The highest BCUT2D eigenvalue weighted by Gasteiger charge is 2.27. The number of nitrogens with one attached hydrogen (secondary N) is 1. The fourth-order valence-electron chi connectivity index (χ4n) is 1.60. The largest absolute Gasteiger partial charge is 0.461 e. The van der Waals surface area contributed by atoms with Crippen LogP contribution in [0.5, 0.6) is 0 Å². The number of hydrogen-bond donors (Lipinski definition) is 1. The first-order chi connectivity index (χ1) is 9.94. The van der Waals surface area contributed by atoms with Crippen LogP contribution in [0.4, 0.5) is 0 Å². The summed E-state index contributed by atoms with van der Waals surface area (Å²) in [6.07, 6.45) is 1.69. The van der Waals surface area contributed by atoms with Crippen molar-refractivity contribution in [2.75, 3.05) is 6.61 Å². The van der Waals surface area contributed by atoms with Crippen LogP contribution in [0.1, 0.15) is 46.1 Å². The van der Waals surface area contributed by atoms with Gasteiger partial charge in [0.25, 0.3) is 5.91 Å². The SMILES string of the molecule is CCOC(=O)c1nc(C(=O)NC(C)(C)c2nccs2)cs1. The lowest BCUT2D eigenvalue weighted by Crippen LogP contribution is -2.41. The fourth-order valence-corrected chi connectivity index (χ4v) is 3.01. The van der Waals surface area contributed by atoms with Gasteiger partial charge in [-0.05, 0) is 20.8 Å². The van der Waals surface area contributed by atoms with E-state index in [0.29, 0.717) is 0 Å². The molecule has 2 aromatic heterocycles. The minimum atomic E-state index is -0.598. The van der Waals surface area contributed by atoms with Gasteiger partial charge in [0, 0.05) is 17.0 Å². The number of esters is 1. The molecule has 0 aromatic carbocycles. The van der Waals surface area contributed by atoms with Crippen LogP contribution in [0.15, 0.2) is 17.0 Å². The molecule has 0 aliphatic carbocycles. The summed E-state index contributed by atoms with van der Waals surface area (Å²) in [4.78, 5) is 32.0. The average Bonchev–Trinajstić information content (AvgIpc) is 3.10. The van der Waals surface area contributed by atoms with Gasteiger partial charge in [-0.3, -0.25) is 4.79 Å². The van der Waals surface area contributed by atoms with Crippen molar-refractivity contribution in [2.45, 2.75) is 26.3 Å². The van der Waals surface area contributed by atoms with E-state index in [4.69, 9.17) is 4.74 Å². The van der Waals surface area contributed by atoms with Crippen molar-refractivity contribution < 1.29 is 14.3 Å². The first kappa shape index (κ1) is 15.6. The standard InChI is InChI=1S/C13H15N3O3S2/c1-4-19-11(18)10-15-8(7-21-10)9(17)16-13(2,3)12-14-5-6-20-12/h5-7H,4H2,1-3H3,(H,16,17). The zero-order valence-electron chi connectivity index (χ0n) is 11.9. The lowest BCUT2D eigenvalue weighted by Gasteiger charge is -2.23. The Morgan fingerprint density at radius 3 is 2.76 bits per heavy atom. The minimum Gasteiger partial charge on any atom is -0.461 e. The summed E-state index contributed by atoms with van der Waals surface area (Å²) in [6.45, 7) is 5.72. The molecule has 2 rings (SSSR count). The van der Waals surface area contributed by atoms with Crippen molar-refractivity contribution >= 4 is 34.6 Å². The Morgan fingerprint density at radius 2 is 2.14 bits per heavy atom. The summed E-state index contributed by atoms with van der Waals surface area (Å²) in [5.41, 5.74) is -0.397. The van der Waals surface area contributed by atoms with Crippen LogP contribution in [0.25, 0.3) is 0 Å². The van der Waals surface area contributed by atoms with E-state index in [9.17, 15) is 9.59 Å². The van der Waals surface area contributed by atoms with Crippen LogP contribution in [0, 0.1) is 0 Å². The molecule has 2 heterocycles. The average molecular weight is 325 g/mol. The molecule has 0 bridgehead atoms. The van der Waals surface area contributed by atoms with E-state index in [1.54, 1.807) is 18.5 Å². The molecule has 6 nitrogen and oxygen atoms in total. The number of amides is 1. The molecule has 2 aromatic rings.